The predicted molar refractivity (Wildman–Crippen MR) is 86.1 cm³/mol. The maximum atomic E-state index is 5.70. The van der Waals surface area contributed by atoms with Gasteiger partial charge < -0.3 is 15.2 Å². The monoisotopic (exact) mass is 288 g/mol. The zero-order valence-electron chi connectivity index (χ0n) is 14.1. The largest absolute Gasteiger partial charge is 0.383 e. The summed E-state index contributed by atoms with van der Waals surface area (Å²) >= 11 is 0. The molecule has 0 radical (unpaired) electrons. The number of rotatable bonds is 14. The molecule has 0 aromatic carbocycles. The van der Waals surface area contributed by atoms with Crippen molar-refractivity contribution in [2.45, 2.75) is 52.0 Å². The van der Waals surface area contributed by atoms with E-state index in [0.717, 1.165) is 38.8 Å². The smallest absolute Gasteiger partial charge is 0.0615 e. The van der Waals surface area contributed by atoms with E-state index in [-0.39, 0.29) is 0 Å². The molecule has 0 saturated heterocycles. The average molecular weight is 288 g/mol. The molecule has 0 spiro atoms. The summed E-state index contributed by atoms with van der Waals surface area (Å²) in [6.07, 6.45) is 6.26. The highest BCUT2D eigenvalue weighted by Gasteiger charge is 2.14. The molecule has 4 nitrogen and oxygen atoms in total. The lowest BCUT2D eigenvalue weighted by Gasteiger charge is -2.29. The summed E-state index contributed by atoms with van der Waals surface area (Å²) in [7, 11) is 3.53. The van der Waals surface area contributed by atoms with Crippen molar-refractivity contribution in [2.75, 3.05) is 47.1 Å². The lowest BCUT2D eigenvalue weighted by atomic mass is 9.94. The lowest BCUT2D eigenvalue weighted by molar-refractivity contribution is 0.0731. The Morgan fingerprint density at radius 2 is 1.80 bits per heavy atom. The minimum Gasteiger partial charge on any atom is -0.383 e. The van der Waals surface area contributed by atoms with Crippen molar-refractivity contribution in [3.8, 4) is 0 Å². The van der Waals surface area contributed by atoms with Crippen molar-refractivity contribution in [1.29, 1.82) is 0 Å². The molecule has 0 aliphatic carbocycles. The highest BCUT2D eigenvalue weighted by molar-refractivity contribution is 4.68. The second-order valence-electron chi connectivity index (χ2n) is 5.71. The summed E-state index contributed by atoms with van der Waals surface area (Å²) < 4.78 is 10.5. The van der Waals surface area contributed by atoms with Gasteiger partial charge in [-0.05, 0) is 45.2 Å². The summed E-state index contributed by atoms with van der Waals surface area (Å²) in [6, 6.07) is 0.453. The number of hydrogen-bond donors (Lipinski definition) is 1. The molecule has 0 saturated carbocycles. The Bertz CT molecular complexity index is 197. The van der Waals surface area contributed by atoms with Gasteiger partial charge in [0.1, 0.15) is 0 Å². The SMILES string of the molecule is CCCC(CCN)CCCN(CCOC)C(C)COC. The van der Waals surface area contributed by atoms with Crippen molar-refractivity contribution in [3.63, 3.8) is 0 Å². The van der Waals surface area contributed by atoms with Crippen LogP contribution in [0.2, 0.25) is 0 Å². The van der Waals surface area contributed by atoms with Crippen LogP contribution in [-0.4, -0.2) is 58.0 Å². The Morgan fingerprint density at radius 1 is 1.05 bits per heavy atom. The molecule has 2 atom stereocenters. The van der Waals surface area contributed by atoms with Crippen LogP contribution in [0.5, 0.6) is 0 Å². The molecule has 0 aliphatic rings. The van der Waals surface area contributed by atoms with E-state index in [1.54, 1.807) is 14.2 Å². The van der Waals surface area contributed by atoms with Crippen LogP contribution >= 0.6 is 0 Å². The second kappa shape index (κ2) is 13.8. The van der Waals surface area contributed by atoms with Crippen molar-refractivity contribution in [2.24, 2.45) is 11.7 Å². The van der Waals surface area contributed by atoms with Crippen LogP contribution in [0, 0.1) is 5.92 Å². The van der Waals surface area contributed by atoms with Crippen LogP contribution in [0.4, 0.5) is 0 Å². The first-order valence-electron chi connectivity index (χ1n) is 8.11. The van der Waals surface area contributed by atoms with E-state index in [1.165, 1.54) is 32.1 Å². The fraction of sp³-hybridized carbons (Fsp3) is 1.00. The Morgan fingerprint density at radius 3 is 2.35 bits per heavy atom. The van der Waals surface area contributed by atoms with E-state index in [1.807, 2.05) is 0 Å². The van der Waals surface area contributed by atoms with Gasteiger partial charge in [0.05, 0.1) is 13.2 Å². The fourth-order valence-electron chi connectivity index (χ4n) is 2.77. The first kappa shape index (κ1) is 19.8. The van der Waals surface area contributed by atoms with Crippen LogP contribution < -0.4 is 5.73 Å². The highest BCUT2D eigenvalue weighted by atomic mass is 16.5. The van der Waals surface area contributed by atoms with Crippen LogP contribution in [0.25, 0.3) is 0 Å². The Labute approximate surface area is 126 Å². The molecule has 0 fully saturated rings. The van der Waals surface area contributed by atoms with Gasteiger partial charge >= 0.3 is 0 Å². The molecule has 0 aromatic rings. The number of methoxy groups -OCH3 is 2. The molecule has 0 bridgehead atoms. The standard InChI is InChI=1S/C16H36N2O2/c1-5-7-16(9-10-17)8-6-11-18(12-13-19-3)15(2)14-20-4/h15-16H,5-14,17H2,1-4H3. The van der Waals surface area contributed by atoms with Crippen LogP contribution in [0.3, 0.4) is 0 Å². The van der Waals surface area contributed by atoms with Crippen LogP contribution in [-0.2, 0) is 9.47 Å². The van der Waals surface area contributed by atoms with Gasteiger partial charge in [0.2, 0.25) is 0 Å². The Kier molecular flexibility index (Phi) is 13.7. The molecule has 2 N–H and O–H groups in total. The third kappa shape index (κ3) is 9.70. The number of nitrogens with zero attached hydrogens (tertiary/aromatic N) is 1. The van der Waals surface area contributed by atoms with Crippen LogP contribution in [0.15, 0.2) is 0 Å². The van der Waals surface area contributed by atoms with E-state index < -0.39 is 0 Å². The van der Waals surface area contributed by atoms with Gasteiger partial charge in [0.25, 0.3) is 0 Å². The van der Waals surface area contributed by atoms with Crippen molar-refractivity contribution >= 4 is 0 Å². The molecule has 4 heteroatoms. The van der Waals surface area contributed by atoms with Gasteiger partial charge in [-0.15, -0.1) is 0 Å². The van der Waals surface area contributed by atoms with E-state index in [4.69, 9.17) is 15.2 Å². The van der Waals surface area contributed by atoms with Gasteiger partial charge in [0, 0.05) is 26.8 Å². The summed E-state index contributed by atoms with van der Waals surface area (Å²) in [5, 5.41) is 0. The number of ether oxygens (including phenoxy) is 2. The summed E-state index contributed by atoms with van der Waals surface area (Å²) in [6.45, 7) is 8.98. The predicted octanol–water partition coefficient (Wildman–Crippen LogP) is 2.52. The van der Waals surface area contributed by atoms with E-state index >= 15 is 0 Å². The topological polar surface area (TPSA) is 47.7 Å². The molecule has 122 valence electrons. The number of hydrogen-bond acceptors (Lipinski definition) is 4. The van der Waals surface area contributed by atoms with Gasteiger partial charge in [-0.3, -0.25) is 4.90 Å². The Balaban J connectivity index is 4.08. The summed E-state index contributed by atoms with van der Waals surface area (Å²) in [4.78, 5) is 2.47. The van der Waals surface area contributed by atoms with E-state index in [9.17, 15) is 0 Å². The van der Waals surface area contributed by atoms with Gasteiger partial charge in [-0.1, -0.05) is 19.8 Å². The second-order valence-corrected chi connectivity index (χ2v) is 5.71. The molecule has 0 aliphatic heterocycles. The molecule has 2 unspecified atom stereocenters. The summed E-state index contributed by atoms with van der Waals surface area (Å²) in [5.74, 6) is 0.798. The molecule has 0 rings (SSSR count). The molecule has 0 amide bonds. The third-order valence-electron chi connectivity index (χ3n) is 3.94. The van der Waals surface area contributed by atoms with Gasteiger partial charge in [-0.2, -0.15) is 0 Å². The maximum absolute atomic E-state index is 5.70. The van der Waals surface area contributed by atoms with Gasteiger partial charge in [-0.25, -0.2) is 0 Å². The minimum atomic E-state index is 0.453. The lowest BCUT2D eigenvalue weighted by Crippen LogP contribution is -2.39. The third-order valence-corrected chi connectivity index (χ3v) is 3.94. The first-order chi connectivity index (χ1) is 9.69. The highest BCUT2D eigenvalue weighted by Crippen LogP contribution is 2.17. The summed E-state index contributed by atoms with van der Waals surface area (Å²) in [5.41, 5.74) is 5.70. The Hall–Kier alpha value is -0.160. The molecular weight excluding hydrogens is 252 g/mol. The van der Waals surface area contributed by atoms with Crippen molar-refractivity contribution < 1.29 is 9.47 Å². The zero-order valence-corrected chi connectivity index (χ0v) is 14.1. The normalized spacial score (nSPS) is 14.7. The zero-order chi connectivity index (χ0) is 15.2. The first-order valence-corrected chi connectivity index (χ1v) is 8.11. The van der Waals surface area contributed by atoms with E-state index in [2.05, 4.69) is 18.7 Å². The maximum Gasteiger partial charge on any atom is 0.0615 e. The quantitative estimate of drug-likeness (QED) is 0.533. The minimum absolute atomic E-state index is 0.453. The van der Waals surface area contributed by atoms with Crippen molar-refractivity contribution in [3.05, 3.63) is 0 Å². The van der Waals surface area contributed by atoms with E-state index in [0.29, 0.717) is 6.04 Å². The molecule has 0 aromatic heterocycles. The molecular formula is C16H36N2O2. The average Bonchev–Trinajstić information content (AvgIpc) is 2.43. The molecule has 20 heavy (non-hydrogen) atoms. The van der Waals surface area contributed by atoms with Gasteiger partial charge in [0.15, 0.2) is 0 Å². The number of nitrogens with two attached hydrogens (primary N) is 1. The molecule has 0 heterocycles. The van der Waals surface area contributed by atoms with Crippen molar-refractivity contribution in [1.82, 2.24) is 4.90 Å². The fourth-order valence-corrected chi connectivity index (χ4v) is 2.77. The van der Waals surface area contributed by atoms with Crippen LogP contribution in [0.1, 0.15) is 46.0 Å².